The standard InChI is InChI=1S/C22H21NO6/c1-11(24)28-21-7-14-5-17-15-8-20-19(26-10-27-20)6-13(15)4-18(23(17)3)16(14)9-22(21)29-12(2)25/h6-9,17-18H,4-5,10H2,1-3H3. The summed E-state index contributed by atoms with van der Waals surface area (Å²) in [5.41, 5.74) is 4.65. The Morgan fingerprint density at radius 3 is 2.00 bits per heavy atom. The molecular weight excluding hydrogens is 374 g/mol. The third-order valence-electron chi connectivity index (χ3n) is 5.88. The van der Waals surface area contributed by atoms with E-state index in [0.29, 0.717) is 0 Å². The zero-order chi connectivity index (χ0) is 20.3. The molecule has 7 nitrogen and oxygen atoms in total. The van der Waals surface area contributed by atoms with E-state index in [-0.39, 0.29) is 30.4 Å². The maximum Gasteiger partial charge on any atom is 0.308 e. The van der Waals surface area contributed by atoms with Crippen LogP contribution in [0.3, 0.4) is 0 Å². The van der Waals surface area contributed by atoms with E-state index < -0.39 is 11.9 Å². The monoisotopic (exact) mass is 395 g/mol. The molecule has 2 bridgehead atoms. The molecule has 150 valence electrons. The molecular formula is C22H21NO6. The molecule has 3 heterocycles. The molecule has 0 spiro atoms. The quantitative estimate of drug-likeness (QED) is 0.571. The highest BCUT2D eigenvalue weighted by atomic mass is 16.7. The second kappa shape index (κ2) is 6.49. The van der Waals surface area contributed by atoms with Crippen molar-refractivity contribution in [1.29, 1.82) is 0 Å². The average Bonchev–Trinajstić information content (AvgIpc) is 3.09. The van der Waals surface area contributed by atoms with Gasteiger partial charge in [-0.15, -0.1) is 0 Å². The van der Waals surface area contributed by atoms with Crippen molar-refractivity contribution >= 4 is 11.9 Å². The van der Waals surface area contributed by atoms with Gasteiger partial charge in [0.25, 0.3) is 0 Å². The van der Waals surface area contributed by atoms with Crippen molar-refractivity contribution in [1.82, 2.24) is 4.90 Å². The molecule has 0 amide bonds. The smallest absolute Gasteiger partial charge is 0.308 e. The van der Waals surface area contributed by atoms with Gasteiger partial charge in [-0.05, 0) is 66.4 Å². The van der Waals surface area contributed by atoms with Gasteiger partial charge in [-0.1, -0.05) is 0 Å². The van der Waals surface area contributed by atoms with Crippen molar-refractivity contribution in [2.75, 3.05) is 13.8 Å². The Labute approximate surface area is 168 Å². The van der Waals surface area contributed by atoms with Gasteiger partial charge >= 0.3 is 11.9 Å². The van der Waals surface area contributed by atoms with Gasteiger partial charge in [0.05, 0.1) is 0 Å². The van der Waals surface area contributed by atoms with Gasteiger partial charge in [0, 0.05) is 25.9 Å². The zero-order valence-electron chi connectivity index (χ0n) is 16.5. The first-order chi connectivity index (χ1) is 13.9. The van der Waals surface area contributed by atoms with Crippen LogP contribution in [0.2, 0.25) is 0 Å². The number of fused-ring (bicyclic) bond motifs is 7. The number of likely N-dealkylation sites (N-methyl/N-ethyl adjacent to an activating group) is 1. The Hall–Kier alpha value is -3.06. The Bertz CT molecular complexity index is 1050. The normalized spacial score (nSPS) is 21.2. The maximum absolute atomic E-state index is 11.6. The number of carbonyl (C=O) groups is 2. The summed E-state index contributed by atoms with van der Waals surface area (Å²) in [6.45, 7) is 2.91. The highest BCUT2D eigenvalue weighted by Crippen LogP contribution is 2.51. The van der Waals surface area contributed by atoms with Gasteiger partial charge in [-0.2, -0.15) is 0 Å². The summed E-state index contributed by atoms with van der Waals surface area (Å²) in [5.74, 6) is 1.21. The zero-order valence-corrected chi connectivity index (χ0v) is 16.5. The third-order valence-corrected chi connectivity index (χ3v) is 5.88. The molecule has 7 heteroatoms. The van der Waals surface area contributed by atoms with Crippen molar-refractivity contribution in [2.45, 2.75) is 38.8 Å². The molecule has 0 saturated heterocycles. The van der Waals surface area contributed by atoms with E-state index in [1.807, 2.05) is 12.1 Å². The van der Waals surface area contributed by atoms with Crippen LogP contribution in [0.1, 0.15) is 48.2 Å². The SMILES string of the molecule is CC(=O)Oc1cc2c(cc1OC(C)=O)C1Cc3cc4c(cc3C(C2)N1C)OCO4. The van der Waals surface area contributed by atoms with Crippen LogP contribution >= 0.6 is 0 Å². The second-order valence-electron chi connectivity index (χ2n) is 7.69. The van der Waals surface area contributed by atoms with Crippen LogP contribution in [-0.4, -0.2) is 30.7 Å². The minimum absolute atomic E-state index is 0.123. The molecule has 3 aliphatic heterocycles. The van der Waals surface area contributed by atoms with Crippen LogP contribution in [0, 0.1) is 0 Å². The van der Waals surface area contributed by atoms with E-state index in [4.69, 9.17) is 18.9 Å². The van der Waals surface area contributed by atoms with Crippen LogP contribution in [0.5, 0.6) is 23.0 Å². The lowest BCUT2D eigenvalue weighted by atomic mass is 9.76. The number of esters is 2. The molecule has 5 rings (SSSR count). The van der Waals surface area contributed by atoms with E-state index in [9.17, 15) is 9.59 Å². The minimum atomic E-state index is -0.456. The van der Waals surface area contributed by atoms with Gasteiger partial charge in [0.1, 0.15) is 0 Å². The van der Waals surface area contributed by atoms with Crippen molar-refractivity contribution in [3.63, 3.8) is 0 Å². The lowest BCUT2D eigenvalue weighted by Gasteiger charge is -2.46. The summed E-state index contributed by atoms with van der Waals surface area (Å²) >= 11 is 0. The van der Waals surface area contributed by atoms with Gasteiger partial charge in [-0.25, -0.2) is 0 Å². The number of benzene rings is 2. The Morgan fingerprint density at radius 2 is 1.38 bits per heavy atom. The topological polar surface area (TPSA) is 74.3 Å². The Balaban J connectivity index is 1.60. The largest absolute Gasteiger partial charge is 0.454 e. The summed E-state index contributed by atoms with van der Waals surface area (Å²) in [4.78, 5) is 25.5. The van der Waals surface area contributed by atoms with E-state index >= 15 is 0 Å². The number of hydrogen-bond donors (Lipinski definition) is 0. The fourth-order valence-electron chi connectivity index (χ4n) is 4.64. The van der Waals surface area contributed by atoms with Gasteiger partial charge in [0.15, 0.2) is 23.0 Å². The molecule has 2 aromatic rings. The lowest BCUT2D eigenvalue weighted by molar-refractivity contribution is -0.134. The van der Waals surface area contributed by atoms with Gasteiger partial charge in [-0.3, -0.25) is 14.5 Å². The molecule has 29 heavy (non-hydrogen) atoms. The molecule has 0 aliphatic carbocycles. The van der Waals surface area contributed by atoms with Crippen molar-refractivity contribution < 1.29 is 28.5 Å². The first kappa shape index (κ1) is 18.0. The van der Waals surface area contributed by atoms with E-state index in [2.05, 4.69) is 24.1 Å². The molecule has 0 aromatic heterocycles. The predicted octanol–water partition coefficient (Wildman–Crippen LogP) is 3.09. The molecule has 3 aliphatic rings. The number of carbonyl (C=O) groups excluding carboxylic acids is 2. The van der Waals surface area contributed by atoms with Crippen LogP contribution in [0.25, 0.3) is 0 Å². The fourth-order valence-corrected chi connectivity index (χ4v) is 4.64. The lowest BCUT2D eigenvalue weighted by Crippen LogP contribution is -2.40. The molecule has 2 atom stereocenters. The summed E-state index contributed by atoms with van der Waals surface area (Å²) in [6, 6.07) is 8.13. The molecule has 0 saturated carbocycles. The van der Waals surface area contributed by atoms with Crippen LogP contribution in [0.4, 0.5) is 0 Å². The van der Waals surface area contributed by atoms with Crippen molar-refractivity contribution in [2.24, 2.45) is 0 Å². The number of rotatable bonds is 2. The van der Waals surface area contributed by atoms with Gasteiger partial charge < -0.3 is 18.9 Å². The molecule has 2 aromatic carbocycles. The summed E-state index contributed by atoms with van der Waals surface area (Å²) in [5, 5.41) is 0. The summed E-state index contributed by atoms with van der Waals surface area (Å²) < 4.78 is 21.8. The first-order valence-corrected chi connectivity index (χ1v) is 9.58. The van der Waals surface area contributed by atoms with E-state index in [1.54, 1.807) is 0 Å². The number of ether oxygens (including phenoxy) is 4. The van der Waals surface area contributed by atoms with E-state index in [0.717, 1.165) is 35.5 Å². The second-order valence-corrected chi connectivity index (χ2v) is 7.69. The predicted molar refractivity (Wildman–Crippen MR) is 102 cm³/mol. The van der Waals surface area contributed by atoms with E-state index in [1.165, 1.54) is 25.0 Å². The number of nitrogens with zero attached hydrogens (tertiary/aromatic N) is 1. The number of hydrogen-bond acceptors (Lipinski definition) is 7. The molecule has 0 radical (unpaired) electrons. The van der Waals surface area contributed by atoms with Crippen LogP contribution in [0.15, 0.2) is 24.3 Å². The Morgan fingerprint density at radius 1 is 0.862 bits per heavy atom. The van der Waals surface area contributed by atoms with Crippen molar-refractivity contribution in [3.05, 3.63) is 46.5 Å². The fraction of sp³-hybridized carbons (Fsp3) is 0.364. The average molecular weight is 395 g/mol. The minimum Gasteiger partial charge on any atom is -0.454 e. The highest BCUT2D eigenvalue weighted by Gasteiger charge is 2.40. The van der Waals surface area contributed by atoms with Crippen molar-refractivity contribution in [3.8, 4) is 23.0 Å². The molecule has 2 unspecified atom stereocenters. The van der Waals surface area contributed by atoms with Crippen LogP contribution < -0.4 is 18.9 Å². The highest BCUT2D eigenvalue weighted by molar-refractivity contribution is 5.74. The molecule has 0 N–H and O–H groups in total. The van der Waals surface area contributed by atoms with Gasteiger partial charge in [0.2, 0.25) is 6.79 Å². The summed E-state index contributed by atoms with van der Waals surface area (Å²) in [7, 11) is 2.11. The van der Waals surface area contributed by atoms with Crippen LogP contribution in [-0.2, 0) is 22.4 Å². The third kappa shape index (κ3) is 2.93. The molecule has 0 fully saturated rings. The summed E-state index contributed by atoms with van der Waals surface area (Å²) in [6.07, 6.45) is 1.56. The maximum atomic E-state index is 11.6. The first-order valence-electron chi connectivity index (χ1n) is 9.58. The Kier molecular flexibility index (Phi) is 4.03.